The smallest absolute Gasteiger partial charge is 0.326 e. The highest BCUT2D eigenvalue weighted by molar-refractivity contribution is 7.10. The molecule has 5 nitrogen and oxygen atoms in total. The molecular weight excluding hydrogens is 252 g/mol. The Morgan fingerprint density at radius 1 is 1.28 bits per heavy atom. The van der Waals surface area contributed by atoms with Gasteiger partial charge in [-0.25, -0.2) is 9.59 Å². The van der Waals surface area contributed by atoms with Crippen molar-refractivity contribution in [3.05, 3.63) is 22.4 Å². The van der Waals surface area contributed by atoms with Crippen LogP contribution >= 0.6 is 11.3 Å². The lowest BCUT2D eigenvalue weighted by molar-refractivity contribution is -0.140. The van der Waals surface area contributed by atoms with Gasteiger partial charge in [0.15, 0.2) is 0 Å². The van der Waals surface area contributed by atoms with Gasteiger partial charge in [0.1, 0.15) is 6.04 Å². The predicted octanol–water partition coefficient (Wildman–Crippen LogP) is 2.22. The number of carbonyl (C=O) groups excluding carboxylic acids is 1. The lowest BCUT2D eigenvalue weighted by Crippen LogP contribution is -2.49. The Hall–Kier alpha value is -1.56. The minimum absolute atomic E-state index is 0.133. The summed E-state index contributed by atoms with van der Waals surface area (Å²) in [6.45, 7) is 5.36. The number of hydrogen-bond acceptors (Lipinski definition) is 3. The maximum atomic E-state index is 11.7. The zero-order valence-corrected chi connectivity index (χ0v) is 11.5. The van der Waals surface area contributed by atoms with Gasteiger partial charge < -0.3 is 15.7 Å². The Morgan fingerprint density at radius 3 is 2.39 bits per heavy atom. The predicted molar refractivity (Wildman–Crippen MR) is 70.7 cm³/mol. The van der Waals surface area contributed by atoms with Crippen molar-refractivity contribution in [2.24, 2.45) is 5.92 Å². The molecule has 0 aromatic carbocycles. The fourth-order valence-electron chi connectivity index (χ4n) is 1.50. The van der Waals surface area contributed by atoms with Gasteiger partial charge in [0.2, 0.25) is 0 Å². The molecule has 2 amide bonds. The van der Waals surface area contributed by atoms with Gasteiger partial charge in [-0.3, -0.25) is 0 Å². The second-order valence-corrected chi connectivity index (χ2v) is 5.39. The molecule has 1 unspecified atom stereocenters. The second kappa shape index (κ2) is 6.39. The standard InChI is InChI=1S/C12H18N2O3S/c1-7(2)10(11(15)16)14-12(17)13-8(3)9-5-4-6-18-9/h4-8,10H,1-3H3,(H,15,16)(H2,13,14,17)/t8?,10-/m0/s1. The van der Waals surface area contributed by atoms with E-state index in [0.29, 0.717) is 0 Å². The first-order valence-corrected chi connectivity index (χ1v) is 6.63. The molecule has 0 saturated heterocycles. The van der Waals surface area contributed by atoms with Crippen molar-refractivity contribution < 1.29 is 14.7 Å². The van der Waals surface area contributed by atoms with E-state index in [2.05, 4.69) is 10.6 Å². The molecule has 100 valence electrons. The van der Waals surface area contributed by atoms with Crippen LogP contribution in [-0.4, -0.2) is 23.1 Å². The van der Waals surface area contributed by atoms with Crippen LogP contribution < -0.4 is 10.6 Å². The Balaban J connectivity index is 2.53. The topological polar surface area (TPSA) is 78.4 Å². The van der Waals surface area contributed by atoms with Crippen LogP contribution in [0, 0.1) is 5.92 Å². The molecule has 0 spiro atoms. The molecule has 3 N–H and O–H groups in total. The second-order valence-electron chi connectivity index (χ2n) is 4.41. The molecular formula is C12H18N2O3S. The minimum atomic E-state index is -1.02. The molecule has 1 aromatic heterocycles. The number of carbonyl (C=O) groups is 2. The monoisotopic (exact) mass is 270 g/mol. The number of thiophene rings is 1. The lowest BCUT2D eigenvalue weighted by Gasteiger charge is -2.20. The SMILES string of the molecule is CC(NC(=O)N[C@H](C(=O)O)C(C)C)c1cccs1. The molecule has 0 aliphatic carbocycles. The van der Waals surface area contributed by atoms with Crippen molar-refractivity contribution in [2.75, 3.05) is 0 Å². The van der Waals surface area contributed by atoms with Crippen LogP contribution in [0.2, 0.25) is 0 Å². The van der Waals surface area contributed by atoms with Crippen molar-refractivity contribution >= 4 is 23.3 Å². The maximum Gasteiger partial charge on any atom is 0.326 e. The van der Waals surface area contributed by atoms with Gasteiger partial charge in [-0.2, -0.15) is 0 Å². The van der Waals surface area contributed by atoms with Gasteiger partial charge >= 0.3 is 12.0 Å². The van der Waals surface area contributed by atoms with Crippen LogP contribution in [0.15, 0.2) is 17.5 Å². The maximum absolute atomic E-state index is 11.7. The number of carboxylic acid groups (broad SMARTS) is 1. The number of rotatable bonds is 5. The fourth-order valence-corrected chi connectivity index (χ4v) is 2.24. The van der Waals surface area contributed by atoms with Crippen molar-refractivity contribution in [1.29, 1.82) is 0 Å². The molecule has 1 aromatic rings. The zero-order valence-electron chi connectivity index (χ0n) is 10.6. The first-order chi connectivity index (χ1) is 8.41. The first kappa shape index (κ1) is 14.5. The van der Waals surface area contributed by atoms with Gasteiger partial charge in [0.05, 0.1) is 6.04 Å². The summed E-state index contributed by atoms with van der Waals surface area (Å²) >= 11 is 1.55. The summed E-state index contributed by atoms with van der Waals surface area (Å²) in [6, 6.07) is 2.36. The molecule has 0 aliphatic heterocycles. The van der Waals surface area contributed by atoms with Gasteiger partial charge in [0, 0.05) is 4.88 Å². The van der Waals surface area contributed by atoms with Crippen LogP contribution in [0.3, 0.4) is 0 Å². The van der Waals surface area contributed by atoms with E-state index in [1.54, 1.807) is 25.2 Å². The van der Waals surface area contributed by atoms with Crippen molar-refractivity contribution in [1.82, 2.24) is 10.6 Å². The largest absolute Gasteiger partial charge is 0.480 e. The van der Waals surface area contributed by atoms with Gasteiger partial charge in [-0.15, -0.1) is 11.3 Å². The Bertz CT molecular complexity index is 403. The quantitative estimate of drug-likeness (QED) is 0.767. The lowest BCUT2D eigenvalue weighted by atomic mass is 10.1. The third kappa shape index (κ3) is 4.03. The van der Waals surface area contributed by atoms with Crippen LogP contribution in [0.25, 0.3) is 0 Å². The summed E-state index contributed by atoms with van der Waals surface area (Å²) in [6.07, 6.45) is 0. The molecule has 0 aliphatic rings. The van der Waals surface area contributed by atoms with Crippen LogP contribution in [0.1, 0.15) is 31.7 Å². The van der Waals surface area contributed by atoms with E-state index in [0.717, 1.165) is 4.88 Å². The molecule has 18 heavy (non-hydrogen) atoms. The van der Waals surface area contributed by atoms with Crippen molar-refractivity contribution in [3.8, 4) is 0 Å². The molecule has 1 rings (SSSR count). The normalized spacial score (nSPS) is 14.0. The van der Waals surface area contributed by atoms with E-state index in [1.165, 1.54) is 0 Å². The van der Waals surface area contributed by atoms with Crippen molar-refractivity contribution in [3.63, 3.8) is 0 Å². The number of amides is 2. The molecule has 0 saturated carbocycles. The summed E-state index contributed by atoms with van der Waals surface area (Å²) < 4.78 is 0. The average Bonchev–Trinajstić information content (AvgIpc) is 2.78. The van der Waals surface area contributed by atoms with Crippen molar-refractivity contribution in [2.45, 2.75) is 32.9 Å². The van der Waals surface area contributed by atoms with Crippen LogP contribution in [0.4, 0.5) is 4.79 Å². The van der Waals surface area contributed by atoms with E-state index in [-0.39, 0.29) is 12.0 Å². The average molecular weight is 270 g/mol. The third-order valence-corrected chi connectivity index (χ3v) is 3.59. The fraction of sp³-hybridized carbons (Fsp3) is 0.500. The Kier molecular flexibility index (Phi) is 5.15. The van der Waals surface area contributed by atoms with Gasteiger partial charge in [-0.1, -0.05) is 19.9 Å². The van der Waals surface area contributed by atoms with E-state index in [9.17, 15) is 9.59 Å². The number of aliphatic carboxylic acids is 1. The molecule has 2 atom stereocenters. The molecule has 0 bridgehead atoms. The summed E-state index contributed by atoms with van der Waals surface area (Å²) in [7, 11) is 0. The highest BCUT2D eigenvalue weighted by Gasteiger charge is 2.24. The highest BCUT2D eigenvalue weighted by Crippen LogP contribution is 2.17. The third-order valence-electron chi connectivity index (χ3n) is 2.54. The van der Waals surface area contributed by atoms with Gasteiger partial charge in [0.25, 0.3) is 0 Å². The van der Waals surface area contributed by atoms with Gasteiger partial charge in [-0.05, 0) is 24.3 Å². The Morgan fingerprint density at radius 2 is 1.94 bits per heavy atom. The minimum Gasteiger partial charge on any atom is -0.480 e. The summed E-state index contributed by atoms with van der Waals surface area (Å²) in [4.78, 5) is 23.7. The van der Waals surface area contributed by atoms with Crippen LogP contribution in [-0.2, 0) is 4.79 Å². The summed E-state index contributed by atoms with van der Waals surface area (Å²) in [5, 5.41) is 16.1. The highest BCUT2D eigenvalue weighted by atomic mass is 32.1. The van der Waals surface area contributed by atoms with E-state index >= 15 is 0 Å². The van der Waals surface area contributed by atoms with E-state index in [4.69, 9.17) is 5.11 Å². The van der Waals surface area contributed by atoms with Crippen LogP contribution in [0.5, 0.6) is 0 Å². The van der Waals surface area contributed by atoms with E-state index in [1.807, 2.05) is 24.4 Å². The molecule has 6 heteroatoms. The first-order valence-electron chi connectivity index (χ1n) is 5.75. The summed E-state index contributed by atoms with van der Waals surface area (Å²) in [5.41, 5.74) is 0. The summed E-state index contributed by atoms with van der Waals surface area (Å²) in [5.74, 6) is -1.19. The molecule has 1 heterocycles. The number of urea groups is 1. The molecule has 0 fully saturated rings. The Labute approximate surface area is 110 Å². The molecule has 0 radical (unpaired) electrons. The number of carboxylic acids is 1. The van der Waals surface area contributed by atoms with E-state index < -0.39 is 18.0 Å². The number of nitrogens with one attached hydrogen (secondary N) is 2. The number of hydrogen-bond donors (Lipinski definition) is 3. The zero-order chi connectivity index (χ0) is 13.7.